The maximum absolute atomic E-state index is 15.8. The molecule has 4 aliphatic heterocycles. The molecule has 2 aromatic heterocycles. The van der Waals surface area contributed by atoms with Crippen LogP contribution < -0.4 is 38.2 Å². The number of methoxy groups -OCH3 is 4. The van der Waals surface area contributed by atoms with Gasteiger partial charge in [0.05, 0.1) is 56.8 Å². The van der Waals surface area contributed by atoms with Crippen LogP contribution in [0.3, 0.4) is 0 Å². The molecule has 4 aromatic carbocycles. The molecule has 30 nitrogen and oxygen atoms in total. The van der Waals surface area contributed by atoms with Crippen molar-refractivity contribution in [2.45, 2.75) is 119 Å². The molecule has 2 spiro atoms. The Labute approximate surface area is 705 Å². The summed E-state index contributed by atoms with van der Waals surface area (Å²) in [5.41, 5.74) is 5.67. The molecule has 2 N–H and O–H groups in total. The van der Waals surface area contributed by atoms with Gasteiger partial charge in [-0.25, -0.2) is 18.0 Å². The highest BCUT2D eigenvalue weighted by Gasteiger charge is 2.49. The lowest BCUT2D eigenvalue weighted by Gasteiger charge is -2.46. The Kier molecular flexibility index (Phi) is 26.3. The van der Waals surface area contributed by atoms with Crippen molar-refractivity contribution in [3.05, 3.63) is 164 Å². The van der Waals surface area contributed by atoms with Crippen LogP contribution in [0.4, 0.5) is 21.0 Å². The summed E-state index contributed by atoms with van der Waals surface area (Å²) in [5.74, 6) is -4.59. The molecular weight excluding hydrogens is 1610 g/mol. The van der Waals surface area contributed by atoms with Crippen molar-refractivity contribution >= 4 is 96.1 Å². The Morgan fingerprint density at radius 2 is 1.01 bits per heavy atom. The number of carbonyl (C=O) groups excluding carboxylic acids is 7. The second-order valence-corrected chi connectivity index (χ2v) is 38.1. The zero-order valence-electron chi connectivity index (χ0n) is 69.7. The number of aromatic nitrogens is 4. The number of rotatable bonds is 11. The minimum Gasteiger partial charge on any atom is -0.490 e. The fourth-order valence-electron chi connectivity index (χ4n) is 18.0. The van der Waals surface area contributed by atoms with Gasteiger partial charge in [-0.05, 0) is 183 Å². The number of hydrogen-bond acceptors (Lipinski definition) is 21. The predicted octanol–water partition coefficient (Wildman–Crippen LogP) is 11.1. The van der Waals surface area contributed by atoms with Crippen molar-refractivity contribution in [2.75, 3.05) is 126 Å². The average molecular weight is 1720 g/mol. The largest absolute Gasteiger partial charge is 0.490 e. The molecule has 6 aromatic rings. The van der Waals surface area contributed by atoms with Crippen molar-refractivity contribution in [1.82, 2.24) is 43.7 Å². The minimum atomic E-state index is -4.46. The van der Waals surface area contributed by atoms with Crippen molar-refractivity contribution in [3.8, 4) is 23.3 Å². The highest BCUT2D eigenvalue weighted by Crippen LogP contribution is 2.50. The predicted molar refractivity (Wildman–Crippen MR) is 451 cm³/mol. The summed E-state index contributed by atoms with van der Waals surface area (Å²) < 4.78 is 95.2. The molecule has 15 atom stereocenters. The molecule has 0 radical (unpaired) electrons. The summed E-state index contributed by atoms with van der Waals surface area (Å²) in [6.07, 6.45) is 15.0. The SMILES string of the molecule is COc1nn(C)cc1C(=O)NS1(=O)=NC(=O)c2ccc3c(c2)N(C[C@@H]2CC[C@H]2[C@@H](OC)/C=C/[C@H](OC(=O)N(C)C)[C@H](C)C1)C[C@@]1(CCCc2cc(Cl)ccc21)CO3.COc1nn(C)cc1C(=O)NS1(=O)=NC(=O)c2ccc3c(c2)N(C[C@@H]2CC[C@H]2[C@@H](OC)/C=C/[C@H](OC(=O)N(C)C)[C@H](C)C1C(=O)N(C)C)C[C@@]1(CCCc2cc(Cl)ccc21)CO3. The maximum Gasteiger partial charge on any atom is 0.409 e. The van der Waals surface area contributed by atoms with Crippen LogP contribution in [0.5, 0.6) is 23.3 Å². The van der Waals surface area contributed by atoms with E-state index in [-0.39, 0.29) is 75.0 Å². The molecule has 4 aliphatic carbocycles. The first-order valence-corrected chi connectivity index (χ1v) is 44.1. The maximum atomic E-state index is 15.8. The molecule has 2 fully saturated rings. The van der Waals surface area contributed by atoms with Crippen molar-refractivity contribution in [1.29, 1.82) is 0 Å². The lowest BCUT2D eigenvalue weighted by molar-refractivity contribution is -0.129. The topological polar surface area (TPSA) is 328 Å². The Morgan fingerprint density at radius 3 is 1.45 bits per heavy atom. The quantitative estimate of drug-likeness (QED) is 0.114. The van der Waals surface area contributed by atoms with Crippen LogP contribution in [0.15, 0.2) is 118 Å². The van der Waals surface area contributed by atoms with E-state index in [9.17, 15) is 37.8 Å². The van der Waals surface area contributed by atoms with Crippen LogP contribution in [-0.4, -0.2) is 230 Å². The molecule has 3 unspecified atom stereocenters. The molecular formula is C85H107Cl2N13O17S2. The molecule has 640 valence electrons. The Hall–Kier alpha value is -9.73. The van der Waals surface area contributed by atoms with E-state index >= 15 is 4.21 Å². The smallest absolute Gasteiger partial charge is 0.409 e. The molecule has 4 bridgehead atoms. The third-order valence-electron chi connectivity index (χ3n) is 24.5. The highest BCUT2D eigenvalue weighted by molar-refractivity contribution is 7.94. The van der Waals surface area contributed by atoms with Crippen LogP contribution in [0.25, 0.3) is 0 Å². The average Bonchev–Trinajstić information content (AvgIpc) is 1.70. The zero-order chi connectivity index (χ0) is 85.3. The van der Waals surface area contributed by atoms with E-state index in [0.29, 0.717) is 66.6 Å². The van der Waals surface area contributed by atoms with Crippen molar-refractivity contribution in [2.24, 2.45) is 58.3 Å². The van der Waals surface area contributed by atoms with Gasteiger partial charge in [0, 0.05) is 153 Å². The molecule has 7 amide bonds. The number of benzene rings is 4. The normalized spacial score (nSPS) is 28.9. The van der Waals surface area contributed by atoms with E-state index in [1.807, 2.05) is 30.4 Å². The fourth-order valence-corrected chi connectivity index (χ4v) is 22.5. The highest BCUT2D eigenvalue weighted by atomic mass is 35.5. The van der Waals surface area contributed by atoms with E-state index in [1.165, 1.54) is 101 Å². The second-order valence-electron chi connectivity index (χ2n) is 33.2. The molecule has 34 heteroatoms. The van der Waals surface area contributed by atoms with Crippen LogP contribution >= 0.6 is 23.2 Å². The number of carbonyl (C=O) groups is 7. The van der Waals surface area contributed by atoms with Gasteiger partial charge in [0.25, 0.3) is 23.6 Å². The van der Waals surface area contributed by atoms with Crippen LogP contribution in [0.2, 0.25) is 10.0 Å². The van der Waals surface area contributed by atoms with E-state index in [0.717, 1.165) is 69.9 Å². The number of ether oxygens (including phenoxy) is 8. The number of aryl methyl sites for hydroxylation is 4. The van der Waals surface area contributed by atoms with Gasteiger partial charge in [-0.3, -0.25) is 42.8 Å². The van der Waals surface area contributed by atoms with Gasteiger partial charge in [-0.2, -0.15) is 0 Å². The zero-order valence-corrected chi connectivity index (χ0v) is 72.8. The number of anilines is 2. The molecule has 119 heavy (non-hydrogen) atoms. The van der Waals surface area contributed by atoms with Crippen LogP contribution in [-0.2, 0) is 81.3 Å². The lowest BCUT2D eigenvalue weighted by atomic mass is 9.68. The number of nitrogens with zero attached hydrogens (tertiary/aromatic N) is 11. The second kappa shape index (κ2) is 35.9. The van der Waals surface area contributed by atoms with Gasteiger partial charge in [-0.15, -0.1) is 18.9 Å². The number of nitrogens with one attached hydrogen (secondary N) is 2. The van der Waals surface area contributed by atoms with E-state index < -0.39 is 102 Å². The van der Waals surface area contributed by atoms with Gasteiger partial charge in [0.2, 0.25) is 17.7 Å². The Bertz CT molecular complexity index is 5230. The fraction of sp³-hybridized carbons (Fsp3) is 0.518. The molecule has 2 saturated carbocycles. The molecule has 6 heterocycles. The van der Waals surface area contributed by atoms with Gasteiger partial charge in [0.1, 0.15) is 50.0 Å². The monoisotopic (exact) mass is 1720 g/mol. The first-order chi connectivity index (χ1) is 56.7. The lowest BCUT2D eigenvalue weighted by Crippen LogP contribution is -2.52. The van der Waals surface area contributed by atoms with Gasteiger partial charge in [-0.1, -0.05) is 61.3 Å². The summed E-state index contributed by atoms with van der Waals surface area (Å²) in [6.45, 7) is 6.66. The van der Waals surface area contributed by atoms with Gasteiger partial charge < -0.3 is 62.4 Å². The molecule has 0 saturated heterocycles. The number of halogens is 2. The summed E-state index contributed by atoms with van der Waals surface area (Å²) >= 11 is 13.0. The van der Waals surface area contributed by atoms with Gasteiger partial charge >= 0.3 is 12.2 Å². The number of hydrogen-bond donors (Lipinski definition) is 2. The summed E-state index contributed by atoms with van der Waals surface area (Å²) in [5, 5.41) is 7.96. The molecule has 8 aliphatic rings. The number of fused-ring (bicyclic) bond motifs is 8. The third kappa shape index (κ3) is 18.5. The Balaban J connectivity index is 0.000000207. The molecule has 14 rings (SSSR count). The standard InChI is InChI=1S/C44H56ClN7O9S.C41H51ClN6O8S/c1-26-35(61-43(56)50(4)5)17-18-36(58-7)31-14-11-29(31)22-52-24-44(19-9-10-27-20-30(45)13-15-33(27)44)25-60-37-16-12-28(21-34(37)52)39(53)47-62(57,38(26)42(55)49(2)3)48-40(54)32-23-51(6)46-41(32)59-8;1-25-22-57(52,45-38(50)31-21-47(4)43-39(31)54-6)44-37(49)27-10-14-36-33(19-27)48(23-41(24-55-36)17-7-8-26-18-29(42)11-13-32(26)41)20-28-9-12-30(28)35(53-5)16-15-34(25)56-40(51)46(2)3/h12-13,15-18,20-21,23,26,29,31,35-36,38H,9-11,14,19,22,24-25H2,1-8H3,(H,47,48,53,54,57);10-11,13-16,18-19,21,25,28,30,34-35H,7-9,12,17,20,22-24H2,1-6H3,(H,44,45,49,50,52)/b18-17+;16-15+/t26-,29-,31+,35-,36-,38?,44-,62?;25-,28+,30-,34+,35+,41+,57?/m01/s1. The summed E-state index contributed by atoms with van der Waals surface area (Å²) in [6, 6.07) is 22.3. The minimum absolute atomic E-state index is 0.0111. The first kappa shape index (κ1) is 87.1. The third-order valence-corrected chi connectivity index (χ3v) is 29.1. The van der Waals surface area contributed by atoms with E-state index in [2.05, 4.69) is 56.4 Å². The first-order valence-electron chi connectivity index (χ1n) is 40.1. The number of amides is 7. The van der Waals surface area contributed by atoms with Gasteiger partial charge in [0.15, 0.2) is 9.92 Å². The van der Waals surface area contributed by atoms with E-state index in [1.54, 1.807) is 105 Å². The summed E-state index contributed by atoms with van der Waals surface area (Å²) in [7, 11) is 9.93. The van der Waals surface area contributed by atoms with Crippen LogP contribution in [0.1, 0.15) is 129 Å². The van der Waals surface area contributed by atoms with E-state index in [4.69, 9.17) is 61.1 Å². The van der Waals surface area contributed by atoms with Crippen LogP contribution in [0, 0.1) is 35.5 Å². The van der Waals surface area contributed by atoms with Crippen molar-refractivity contribution < 1.29 is 79.9 Å². The van der Waals surface area contributed by atoms with Crippen molar-refractivity contribution in [3.63, 3.8) is 0 Å². The summed E-state index contributed by atoms with van der Waals surface area (Å²) in [4.78, 5) is 106. The Morgan fingerprint density at radius 1 is 0.563 bits per heavy atom.